The van der Waals surface area contributed by atoms with Crippen LogP contribution < -0.4 is 10.5 Å². The van der Waals surface area contributed by atoms with E-state index < -0.39 is 12.1 Å². The van der Waals surface area contributed by atoms with Crippen LogP contribution in [0, 0.1) is 0 Å². The summed E-state index contributed by atoms with van der Waals surface area (Å²) < 4.78 is 38.8. The number of pyridine rings is 1. The van der Waals surface area contributed by atoms with Gasteiger partial charge in [0.2, 0.25) is 0 Å². The highest BCUT2D eigenvalue weighted by Crippen LogP contribution is 2.25. The lowest BCUT2D eigenvalue weighted by molar-refractivity contribution is -0.274. The van der Waals surface area contributed by atoms with Crippen molar-refractivity contribution >= 4 is 11.6 Å². The molecule has 2 N–H and O–H groups in total. The molecule has 0 aliphatic carbocycles. The highest BCUT2D eigenvalue weighted by Gasteiger charge is 2.31. The minimum atomic E-state index is -4.74. The summed E-state index contributed by atoms with van der Waals surface area (Å²) in [5.41, 5.74) is 5.54. The summed E-state index contributed by atoms with van der Waals surface area (Å²) in [6, 6.07) is 1.02. The predicted molar refractivity (Wildman–Crippen MR) is 43.8 cm³/mol. The Bertz CT molecular complexity index is 329. The molecule has 0 amide bonds. The molecule has 3 nitrogen and oxygen atoms in total. The molecule has 0 aliphatic rings. The quantitative estimate of drug-likeness (QED) is 0.840. The molecular formula is C7H6ClF3N2O. The number of nitrogens with zero attached hydrogens (tertiary/aromatic N) is 1. The van der Waals surface area contributed by atoms with Crippen LogP contribution in [0.1, 0.15) is 5.69 Å². The Labute approximate surface area is 82.6 Å². The number of nitrogens with two attached hydrogens (primary N) is 1. The number of hydrogen-bond donors (Lipinski definition) is 1. The summed E-state index contributed by atoms with van der Waals surface area (Å²) in [4.78, 5) is 3.60. The van der Waals surface area contributed by atoms with Crippen LogP contribution in [0.2, 0.25) is 5.02 Å². The molecule has 0 saturated heterocycles. The van der Waals surface area contributed by atoms with Crippen LogP contribution in [0.4, 0.5) is 13.2 Å². The van der Waals surface area contributed by atoms with Gasteiger partial charge in [-0.2, -0.15) is 0 Å². The Balaban J connectivity index is 2.87. The number of aromatic nitrogens is 1. The maximum atomic E-state index is 11.7. The number of hydrogen-bond acceptors (Lipinski definition) is 3. The van der Waals surface area contributed by atoms with Crippen molar-refractivity contribution < 1.29 is 17.9 Å². The van der Waals surface area contributed by atoms with E-state index in [1.165, 1.54) is 0 Å². The molecule has 0 aliphatic heterocycles. The average Bonchev–Trinajstić information content (AvgIpc) is 2.01. The fourth-order valence-corrected chi connectivity index (χ4v) is 1.02. The van der Waals surface area contributed by atoms with Crippen molar-refractivity contribution in [3.63, 3.8) is 0 Å². The molecule has 1 rings (SSSR count). The first-order valence-electron chi connectivity index (χ1n) is 3.52. The van der Waals surface area contributed by atoms with Crippen LogP contribution in [0.5, 0.6) is 5.75 Å². The second-order valence-electron chi connectivity index (χ2n) is 2.35. The van der Waals surface area contributed by atoms with Gasteiger partial charge in [0, 0.05) is 12.6 Å². The molecule has 7 heteroatoms. The molecule has 78 valence electrons. The third-order valence-electron chi connectivity index (χ3n) is 1.32. The van der Waals surface area contributed by atoms with Gasteiger partial charge in [0.05, 0.1) is 16.9 Å². The van der Waals surface area contributed by atoms with Crippen LogP contribution in [-0.4, -0.2) is 11.3 Å². The lowest BCUT2D eigenvalue weighted by Crippen LogP contribution is -2.17. The first kappa shape index (κ1) is 11.1. The molecule has 1 aromatic heterocycles. The molecule has 1 aromatic rings. The van der Waals surface area contributed by atoms with Gasteiger partial charge in [-0.1, -0.05) is 11.6 Å². The summed E-state index contributed by atoms with van der Waals surface area (Å²) in [5, 5.41) is 0.0502. The first-order chi connectivity index (χ1) is 6.42. The van der Waals surface area contributed by atoms with Gasteiger partial charge in [-0.05, 0) is 0 Å². The van der Waals surface area contributed by atoms with Crippen molar-refractivity contribution in [2.45, 2.75) is 12.9 Å². The molecule has 0 fully saturated rings. The van der Waals surface area contributed by atoms with Crippen LogP contribution in [0.15, 0.2) is 12.3 Å². The largest absolute Gasteiger partial charge is 0.573 e. The third-order valence-corrected chi connectivity index (χ3v) is 1.65. The number of rotatable bonds is 2. The second kappa shape index (κ2) is 4.02. The van der Waals surface area contributed by atoms with E-state index >= 15 is 0 Å². The summed E-state index contributed by atoms with van der Waals surface area (Å²) in [5.74, 6) is -0.459. The molecule has 0 unspecified atom stereocenters. The Morgan fingerprint density at radius 3 is 2.57 bits per heavy atom. The van der Waals surface area contributed by atoms with E-state index in [4.69, 9.17) is 17.3 Å². The maximum absolute atomic E-state index is 11.7. The molecular weight excluding hydrogens is 221 g/mol. The SMILES string of the molecule is NCc1ncc(OC(F)(F)F)cc1Cl. The van der Waals surface area contributed by atoms with E-state index in [0.717, 1.165) is 12.3 Å². The first-order valence-corrected chi connectivity index (χ1v) is 3.90. The third kappa shape index (κ3) is 3.04. The van der Waals surface area contributed by atoms with Crippen molar-refractivity contribution in [3.05, 3.63) is 23.0 Å². The fraction of sp³-hybridized carbons (Fsp3) is 0.286. The van der Waals surface area contributed by atoms with Crippen LogP contribution in [-0.2, 0) is 6.54 Å². The van der Waals surface area contributed by atoms with Gasteiger partial charge in [0.15, 0.2) is 0 Å². The smallest absolute Gasteiger partial charge is 0.404 e. The van der Waals surface area contributed by atoms with E-state index in [-0.39, 0.29) is 11.6 Å². The van der Waals surface area contributed by atoms with E-state index in [9.17, 15) is 13.2 Å². The normalized spacial score (nSPS) is 11.5. The average molecular weight is 227 g/mol. The van der Waals surface area contributed by atoms with E-state index in [0.29, 0.717) is 5.69 Å². The van der Waals surface area contributed by atoms with Crippen LogP contribution in [0.3, 0.4) is 0 Å². The van der Waals surface area contributed by atoms with Gasteiger partial charge in [0.25, 0.3) is 0 Å². The van der Waals surface area contributed by atoms with E-state index in [1.54, 1.807) is 0 Å². The van der Waals surface area contributed by atoms with Gasteiger partial charge in [-0.25, -0.2) is 0 Å². The summed E-state index contributed by atoms with van der Waals surface area (Å²) in [6.07, 6.45) is -3.82. The Hall–Kier alpha value is -1.01. The minimum absolute atomic E-state index is 0.0502. The van der Waals surface area contributed by atoms with E-state index in [1.807, 2.05) is 0 Å². The van der Waals surface area contributed by atoms with Crippen molar-refractivity contribution in [2.75, 3.05) is 0 Å². The molecule has 0 atom stereocenters. The molecule has 0 saturated carbocycles. The lowest BCUT2D eigenvalue weighted by Gasteiger charge is -2.09. The zero-order valence-corrected chi connectivity index (χ0v) is 7.56. The van der Waals surface area contributed by atoms with Crippen LogP contribution in [0.25, 0.3) is 0 Å². The fourth-order valence-electron chi connectivity index (χ4n) is 0.788. The van der Waals surface area contributed by atoms with Crippen molar-refractivity contribution in [1.82, 2.24) is 4.98 Å². The molecule has 0 spiro atoms. The number of alkyl halides is 3. The number of ether oxygens (including phenoxy) is 1. The van der Waals surface area contributed by atoms with Crippen molar-refractivity contribution in [1.29, 1.82) is 0 Å². The molecule has 1 heterocycles. The molecule has 0 radical (unpaired) electrons. The maximum Gasteiger partial charge on any atom is 0.573 e. The second-order valence-corrected chi connectivity index (χ2v) is 2.76. The summed E-state index contributed by atoms with van der Waals surface area (Å²) >= 11 is 5.57. The van der Waals surface area contributed by atoms with E-state index in [2.05, 4.69) is 9.72 Å². The summed E-state index contributed by atoms with van der Waals surface area (Å²) in [6.45, 7) is 0.0606. The minimum Gasteiger partial charge on any atom is -0.404 e. The molecule has 0 aromatic carbocycles. The van der Waals surface area contributed by atoms with Gasteiger partial charge in [-0.15, -0.1) is 13.2 Å². The van der Waals surface area contributed by atoms with Gasteiger partial charge in [-0.3, -0.25) is 4.98 Å². The standard InChI is InChI=1S/C7H6ClF3N2O/c8-5-1-4(14-7(9,10)11)3-13-6(5)2-12/h1,3H,2,12H2. The van der Waals surface area contributed by atoms with Gasteiger partial charge in [0.1, 0.15) is 5.75 Å². The van der Waals surface area contributed by atoms with Gasteiger partial charge < -0.3 is 10.5 Å². The van der Waals surface area contributed by atoms with Gasteiger partial charge >= 0.3 is 6.36 Å². The molecule has 14 heavy (non-hydrogen) atoms. The Morgan fingerprint density at radius 1 is 1.50 bits per heavy atom. The highest BCUT2D eigenvalue weighted by molar-refractivity contribution is 6.31. The Kier molecular flexibility index (Phi) is 3.17. The topological polar surface area (TPSA) is 48.1 Å². The predicted octanol–water partition coefficient (Wildman–Crippen LogP) is 2.09. The van der Waals surface area contributed by atoms with Crippen LogP contribution >= 0.6 is 11.6 Å². The van der Waals surface area contributed by atoms with Crippen molar-refractivity contribution in [3.8, 4) is 5.75 Å². The summed E-state index contributed by atoms with van der Waals surface area (Å²) in [7, 11) is 0. The lowest BCUT2D eigenvalue weighted by atomic mass is 10.3. The zero-order valence-electron chi connectivity index (χ0n) is 6.81. The van der Waals surface area contributed by atoms with Crippen molar-refractivity contribution in [2.24, 2.45) is 5.73 Å². The zero-order chi connectivity index (χ0) is 10.8. The Morgan fingerprint density at radius 2 is 2.14 bits per heavy atom. The highest BCUT2D eigenvalue weighted by atomic mass is 35.5. The monoisotopic (exact) mass is 226 g/mol. The molecule has 0 bridgehead atoms. The number of halogens is 4.